The molecule has 2 saturated heterocycles. The summed E-state index contributed by atoms with van der Waals surface area (Å²) in [5.74, 6) is -0.253. The number of carbonyl (C=O) groups excluding carboxylic acids is 1. The van der Waals surface area contributed by atoms with Crippen LogP contribution >= 0.6 is 0 Å². The van der Waals surface area contributed by atoms with Crippen molar-refractivity contribution in [2.45, 2.75) is 44.1 Å². The van der Waals surface area contributed by atoms with Gasteiger partial charge in [0.25, 0.3) is 5.91 Å². The molecule has 2 atom stereocenters. The number of carbonyl (C=O) groups is 2. The van der Waals surface area contributed by atoms with Crippen LogP contribution in [-0.2, 0) is 16.6 Å². The van der Waals surface area contributed by atoms with Gasteiger partial charge in [0, 0.05) is 32.1 Å². The molecule has 1 amide bonds. The number of ether oxygens (including phenoxy) is 1. The molecule has 7 heteroatoms. The molecule has 1 aliphatic carbocycles. The highest BCUT2D eigenvalue weighted by Gasteiger charge is 2.55. The smallest absolute Gasteiger partial charge is 0.357 e. The second-order valence-corrected chi connectivity index (χ2v) is 10.1. The van der Waals surface area contributed by atoms with E-state index in [-0.39, 0.29) is 17.7 Å². The molecule has 3 aromatic rings. The van der Waals surface area contributed by atoms with Crippen LogP contribution in [0.1, 0.15) is 54.1 Å². The van der Waals surface area contributed by atoms with Crippen molar-refractivity contribution in [3.05, 3.63) is 53.7 Å². The number of hydrogen-bond donors (Lipinski definition) is 1. The molecule has 1 spiro atoms. The van der Waals surface area contributed by atoms with Crippen LogP contribution in [0.5, 0.6) is 0 Å². The molecule has 1 saturated carbocycles. The maximum atomic E-state index is 12.7. The number of aromatic nitrogens is 2. The maximum absolute atomic E-state index is 12.7. The van der Waals surface area contributed by atoms with Gasteiger partial charge in [-0.3, -0.25) is 9.48 Å². The third kappa shape index (κ3) is 3.50. The van der Waals surface area contributed by atoms with E-state index in [1.54, 1.807) is 11.7 Å². The number of nitrogens with zero attached hydrogens (tertiary/aromatic N) is 3. The van der Waals surface area contributed by atoms with Crippen molar-refractivity contribution >= 4 is 22.8 Å². The Bertz CT molecular complexity index is 1270. The first-order valence-electron chi connectivity index (χ1n) is 12.2. The molecule has 1 aromatic heterocycles. The van der Waals surface area contributed by atoms with Crippen molar-refractivity contribution < 1.29 is 19.4 Å². The highest BCUT2D eigenvalue weighted by Crippen LogP contribution is 2.65. The minimum atomic E-state index is -1.01. The molecule has 0 radical (unpaired) electrons. The lowest BCUT2D eigenvalue weighted by molar-refractivity contribution is -0.142. The Labute approximate surface area is 198 Å². The molecule has 3 fully saturated rings. The number of fused-ring (bicyclic) bond motifs is 1. The predicted octanol–water partition coefficient (Wildman–Crippen LogP) is 4.21. The lowest BCUT2D eigenvalue weighted by atomic mass is 9.88. The number of aryl methyl sites for hydroxylation is 1. The topological polar surface area (TPSA) is 84.7 Å². The summed E-state index contributed by atoms with van der Waals surface area (Å²) in [7, 11) is 1.77. The van der Waals surface area contributed by atoms with Gasteiger partial charge in [-0.2, -0.15) is 5.10 Å². The molecule has 3 aliphatic rings. The summed E-state index contributed by atoms with van der Waals surface area (Å²) in [4.78, 5) is 26.1. The molecule has 3 heterocycles. The van der Waals surface area contributed by atoms with E-state index < -0.39 is 5.97 Å². The van der Waals surface area contributed by atoms with Crippen molar-refractivity contribution in [3.8, 4) is 11.1 Å². The summed E-state index contributed by atoms with van der Waals surface area (Å²) in [6.45, 7) is 2.40. The monoisotopic (exact) mass is 459 g/mol. The van der Waals surface area contributed by atoms with Crippen LogP contribution < -0.4 is 0 Å². The minimum absolute atomic E-state index is 0.0851. The summed E-state index contributed by atoms with van der Waals surface area (Å²) >= 11 is 0. The molecule has 2 aliphatic heterocycles. The quantitative estimate of drug-likeness (QED) is 0.632. The van der Waals surface area contributed by atoms with E-state index in [0.29, 0.717) is 23.3 Å². The van der Waals surface area contributed by atoms with Crippen molar-refractivity contribution in [1.29, 1.82) is 0 Å². The number of amides is 1. The first kappa shape index (κ1) is 21.4. The van der Waals surface area contributed by atoms with Crippen LogP contribution in [0.3, 0.4) is 0 Å². The Balaban J connectivity index is 1.14. The molecule has 7 nitrogen and oxygen atoms in total. The number of rotatable bonds is 4. The van der Waals surface area contributed by atoms with Gasteiger partial charge in [-0.05, 0) is 72.3 Å². The third-order valence-corrected chi connectivity index (χ3v) is 8.17. The zero-order valence-electron chi connectivity index (χ0n) is 19.4. The van der Waals surface area contributed by atoms with Gasteiger partial charge in [0.15, 0.2) is 5.69 Å². The van der Waals surface area contributed by atoms with Crippen molar-refractivity contribution in [3.63, 3.8) is 0 Å². The van der Waals surface area contributed by atoms with Gasteiger partial charge < -0.3 is 14.7 Å². The maximum Gasteiger partial charge on any atom is 0.357 e. The fraction of sp³-hybridized carbons (Fsp3) is 0.444. The van der Waals surface area contributed by atoms with E-state index in [2.05, 4.69) is 29.4 Å². The van der Waals surface area contributed by atoms with E-state index in [9.17, 15) is 14.7 Å². The van der Waals surface area contributed by atoms with E-state index in [1.165, 1.54) is 12.0 Å². The zero-order valence-corrected chi connectivity index (χ0v) is 19.4. The molecule has 1 N–H and O–H groups in total. The number of hydrogen-bond acceptors (Lipinski definition) is 4. The standard InChI is InChI=1S/C27H29N3O4/c1-29-22-15-19(8-9-20(22)24(28-29)26(32)33)17-4-6-18(7-5-17)21-16-27(21)10-12-30(13-11-27)25(31)23-3-2-14-34-23/h4-9,15,21,23H,2-3,10-14,16H2,1H3,(H,32,33)/t21-,23-/m1/s1. The number of aromatic carboxylic acids is 1. The summed E-state index contributed by atoms with van der Waals surface area (Å²) in [5.41, 5.74) is 4.76. The van der Waals surface area contributed by atoms with Crippen LogP contribution in [0.15, 0.2) is 42.5 Å². The third-order valence-electron chi connectivity index (χ3n) is 8.17. The summed E-state index contributed by atoms with van der Waals surface area (Å²) in [6, 6.07) is 14.6. The largest absolute Gasteiger partial charge is 0.476 e. The zero-order chi connectivity index (χ0) is 23.4. The van der Waals surface area contributed by atoms with E-state index in [1.807, 2.05) is 23.1 Å². The van der Waals surface area contributed by atoms with E-state index >= 15 is 0 Å². The van der Waals surface area contributed by atoms with Crippen LogP contribution in [0.4, 0.5) is 0 Å². The predicted molar refractivity (Wildman–Crippen MR) is 128 cm³/mol. The normalized spacial score (nSPS) is 23.5. The fourth-order valence-electron chi connectivity index (χ4n) is 6.02. The number of benzene rings is 2. The molecule has 34 heavy (non-hydrogen) atoms. The SMILES string of the molecule is Cn1nc(C(=O)O)c2ccc(-c3ccc([C@H]4CC45CCN(C(=O)[C@H]4CCCO4)CC5)cc3)cc21. The van der Waals surface area contributed by atoms with Gasteiger partial charge in [-0.25, -0.2) is 4.79 Å². The molecule has 2 aromatic carbocycles. The van der Waals surface area contributed by atoms with Crippen LogP contribution in [0, 0.1) is 5.41 Å². The highest BCUT2D eigenvalue weighted by atomic mass is 16.5. The van der Waals surface area contributed by atoms with Crippen molar-refractivity contribution in [2.24, 2.45) is 12.5 Å². The van der Waals surface area contributed by atoms with Gasteiger partial charge in [0.05, 0.1) is 5.52 Å². The van der Waals surface area contributed by atoms with Crippen LogP contribution in [0.2, 0.25) is 0 Å². The second kappa shape index (κ2) is 7.94. The number of piperidine rings is 1. The lowest BCUT2D eigenvalue weighted by Crippen LogP contribution is -2.44. The van der Waals surface area contributed by atoms with Gasteiger partial charge in [-0.1, -0.05) is 30.3 Å². The number of carboxylic acids is 1. The Kier molecular flexibility index (Phi) is 4.99. The van der Waals surface area contributed by atoms with E-state index in [4.69, 9.17) is 4.74 Å². The lowest BCUT2D eigenvalue weighted by Gasteiger charge is -2.34. The average Bonchev–Trinajstić information content (AvgIpc) is 3.18. The fourth-order valence-corrected chi connectivity index (χ4v) is 6.02. The highest BCUT2D eigenvalue weighted by molar-refractivity contribution is 6.02. The second-order valence-electron chi connectivity index (χ2n) is 10.1. The van der Waals surface area contributed by atoms with E-state index in [0.717, 1.165) is 55.4 Å². The van der Waals surface area contributed by atoms with Crippen LogP contribution in [0.25, 0.3) is 22.0 Å². The Morgan fingerprint density at radius 2 is 1.82 bits per heavy atom. The van der Waals surface area contributed by atoms with Gasteiger partial charge in [0.2, 0.25) is 0 Å². The summed E-state index contributed by atoms with van der Waals surface area (Å²) in [6.07, 6.45) is 4.99. The van der Waals surface area contributed by atoms with Crippen molar-refractivity contribution in [2.75, 3.05) is 19.7 Å². The molecule has 176 valence electrons. The first-order valence-corrected chi connectivity index (χ1v) is 12.2. The first-order chi connectivity index (χ1) is 16.4. The number of likely N-dealkylation sites (tertiary alicyclic amines) is 1. The average molecular weight is 460 g/mol. The Morgan fingerprint density at radius 1 is 1.09 bits per heavy atom. The molecule has 0 unspecified atom stereocenters. The van der Waals surface area contributed by atoms with Crippen LogP contribution in [-0.4, -0.2) is 57.5 Å². The van der Waals surface area contributed by atoms with Gasteiger partial charge in [0.1, 0.15) is 6.10 Å². The minimum Gasteiger partial charge on any atom is -0.476 e. The molecular weight excluding hydrogens is 430 g/mol. The van der Waals surface area contributed by atoms with Gasteiger partial charge in [-0.15, -0.1) is 0 Å². The molecule has 0 bridgehead atoms. The van der Waals surface area contributed by atoms with Crippen molar-refractivity contribution in [1.82, 2.24) is 14.7 Å². The Hall–Kier alpha value is -3.19. The summed E-state index contributed by atoms with van der Waals surface area (Å²) < 4.78 is 7.22. The molecule has 6 rings (SSSR count). The van der Waals surface area contributed by atoms with Gasteiger partial charge >= 0.3 is 5.97 Å². The Morgan fingerprint density at radius 3 is 2.50 bits per heavy atom. The summed E-state index contributed by atoms with van der Waals surface area (Å²) in [5, 5.41) is 14.2. The molecular formula is C27H29N3O4. The number of carboxylic acid groups (broad SMARTS) is 1.